The second-order valence-electron chi connectivity index (χ2n) is 12.8. The second kappa shape index (κ2) is 13.7. The molecule has 4 bridgehead atoms. The lowest BCUT2D eigenvalue weighted by Crippen LogP contribution is -2.56. The van der Waals surface area contributed by atoms with Crippen molar-refractivity contribution in [1.82, 2.24) is 30.7 Å². The zero-order valence-electron chi connectivity index (χ0n) is 25.0. The highest BCUT2D eigenvalue weighted by Crippen LogP contribution is 2.28. The lowest BCUT2D eigenvalue weighted by Gasteiger charge is -2.40. The Bertz CT molecular complexity index is 1150. The van der Waals surface area contributed by atoms with Crippen LogP contribution in [0, 0.1) is 0 Å². The van der Waals surface area contributed by atoms with Gasteiger partial charge in [-0.25, -0.2) is 0 Å². The summed E-state index contributed by atoms with van der Waals surface area (Å²) >= 11 is 0. The molecule has 234 valence electrons. The van der Waals surface area contributed by atoms with Crippen LogP contribution in [-0.2, 0) is 19.1 Å². The van der Waals surface area contributed by atoms with Gasteiger partial charge >= 0.3 is 0 Å². The van der Waals surface area contributed by atoms with Crippen LogP contribution in [0.4, 0.5) is 0 Å². The minimum atomic E-state index is -0.670. The third-order valence-electron chi connectivity index (χ3n) is 10.00. The summed E-state index contributed by atoms with van der Waals surface area (Å²) in [4.78, 5) is 60.4. The van der Waals surface area contributed by atoms with Gasteiger partial charge in [0, 0.05) is 63.1 Å². The molecule has 6 fully saturated rings. The number of nitrogens with zero attached hydrogens (tertiary/aromatic N) is 3. The molecule has 7 rings (SSSR count). The third-order valence-corrected chi connectivity index (χ3v) is 10.00. The number of ether oxygens (including phenoxy) is 1. The number of rotatable bonds is 3. The molecule has 6 saturated heterocycles. The smallest absolute Gasteiger partial charge is 0.254 e. The molecule has 0 spiro atoms. The molecule has 11 nitrogen and oxygen atoms in total. The molecule has 1 aromatic carbocycles. The van der Waals surface area contributed by atoms with Gasteiger partial charge in [-0.2, -0.15) is 0 Å². The summed E-state index contributed by atoms with van der Waals surface area (Å²) < 4.78 is 5.53. The maximum Gasteiger partial charge on any atom is 0.254 e. The van der Waals surface area contributed by atoms with Crippen molar-refractivity contribution in [3.05, 3.63) is 35.9 Å². The van der Waals surface area contributed by atoms with Gasteiger partial charge in [-0.3, -0.25) is 24.1 Å². The molecule has 0 aromatic heterocycles. The van der Waals surface area contributed by atoms with Gasteiger partial charge in [0.2, 0.25) is 17.7 Å². The van der Waals surface area contributed by atoms with E-state index in [1.165, 1.54) is 0 Å². The van der Waals surface area contributed by atoms with Gasteiger partial charge in [0.25, 0.3) is 5.91 Å². The highest BCUT2D eigenvalue weighted by molar-refractivity contribution is 5.98. The Morgan fingerprint density at radius 3 is 2.40 bits per heavy atom. The molecule has 0 radical (unpaired) electrons. The Balaban J connectivity index is 1.21. The van der Waals surface area contributed by atoms with Crippen LogP contribution < -0.4 is 16.0 Å². The minimum absolute atomic E-state index is 0.0176. The van der Waals surface area contributed by atoms with Crippen LogP contribution in [0.2, 0.25) is 0 Å². The van der Waals surface area contributed by atoms with Crippen LogP contribution in [0.15, 0.2) is 30.3 Å². The lowest BCUT2D eigenvalue weighted by molar-refractivity contribution is -0.136. The van der Waals surface area contributed by atoms with E-state index < -0.39 is 6.04 Å². The van der Waals surface area contributed by atoms with Crippen LogP contribution in [0.5, 0.6) is 0 Å². The fraction of sp³-hybridized carbons (Fsp3) is 0.688. The fourth-order valence-corrected chi connectivity index (χ4v) is 7.67. The van der Waals surface area contributed by atoms with E-state index in [0.717, 1.165) is 45.1 Å². The molecule has 6 aliphatic rings. The summed E-state index contributed by atoms with van der Waals surface area (Å²) in [6.45, 7) is 4.37. The summed E-state index contributed by atoms with van der Waals surface area (Å²) in [5, 5.41) is 9.89. The van der Waals surface area contributed by atoms with Gasteiger partial charge < -0.3 is 30.5 Å². The SMILES string of the molecule is O=C1N[C@@H]2C[C@@H](C(=O)NCCC[C@H](NC3CCOCC3)C(=O)N3CCC(CC3)N3CCC[C@H]13)N(C(=O)c1ccccc1)C2. The molecular formula is C32H46N6O5. The molecular weight excluding hydrogens is 548 g/mol. The zero-order chi connectivity index (χ0) is 29.8. The second-order valence-corrected chi connectivity index (χ2v) is 12.8. The summed E-state index contributed by atoms with van der Waals surface area (Å²) in [5.74, 6) is -0.307. The lowest BCUT2D eigenvalue weighted by atomic mass is 9.99. The molecule has 4 amide bonds. The van der Waals surface area contributed by atoms with E-state index in [4.69, 9.17) is 4.74 Å². The fourth-order valence-electron chi connectivity index (χ4n) is 7.67. The van der Waals surface area contributed by atoms with Crippen molar-refractivity contribution in [2.45, 2.75) is 94.0 Å². The first-order chi connectivity index (χ1) is 21.0. The largest absolute Gasteiger partial charge is 0.381 e. The van der Waals surface area contributed by atoms with E-state index in [1.807, 2.05) is 23.1 Å². The van der Waals surface area contributed by atoms with E-state index in [1.54, 1.807) is 17.0 Å². The van der Waals surface area contributed by atoms with Crippen molar-refractivity contribution in [3.63, 3.8) is 0 Å². The first kappa shape index (κ1) is 30.0. The van der Waals surface area contributed by atoms with E-state index in [9.17, 15) is 19.2 Å². The highest BCUT2D eigenvalue weighted by atomic mass is 16.5. The van der Waals surface area contributed by atoms with Crippen molar-refractivity contribution < 1.29 is 23.9 Å². The Morgan fingerprint density at radius 2 is 1.63 bits per heavy atom. The Kier molecular flexibility index (Phi) is 9.59. The molecule has 0 unspecified atom stereocenters. The number of piperidine rings is 1. The summed E-state index contributed by atoms with van der Waals surface area (Å²) in [5.41, 5.74) is 0.527. The van der Waals surface area contributed by atoms with Crippen molar-refractivity contribution in [2.75, 3.05) is 45.9 Å². The van der Waals surface area contributed by atoms with Gasteiger partial charge in [-0.05, 0) is 76.5 Å². The number of hydrogen-bond acceptors (Lipinski definition) is 7. The number of hydrogen-bond donors (Lipinski definition) is 3. The average Bonchev–Trinajstić information content (AvgIpc) is 3.70. The summed E-state index contributed by atoms with van der Waals surface area (Å²) in [6.07, 6.45) is 6.90. The Hall–Kier alpha value is -3.02. The zero-order valence-corrected chi connectivity index (χ0v) is 25.0. The van der Waals surface area contributed by atoms with Crippen LogP contribution in [0.25, 0.3) is 0 Å². The minimum Gasteiger partial charge on any atom is -0.381 e. The predicted octanol–water partition coefficient (Wildman–Crippen LogP) is 0.889. The molecule has 6 heterocycles. The molecule has 4 atom stereocenters. The predicted molar refractivity (Wildman–Crippen MR) is 160 cm³/mol. The molecule has 0 saturated carbocycles. The average molecular weight is 595 g/mol. The van der Waals surface area contributed by atoms with Crippen LogP contribution in [0.3, 0.4) is 0 Å². The van der Waals surface area contributed by atoms with E-state index in [2.05, 4.69) is 20.9 Å². The van der Waals surface area contributed by atoms with Gasteiger partial charge in [0.1, 0.15) is 6.04 Å². The summed E-state index contributed by atoms with van der Waals surface area (Å²) in [6, 6.07) is 8.02. The van der Waals surface area contributed by atoms with E-state index in [0.29, 0.717) is 64.2 Å². The van der Waals surface area contributed by atoms with Crippen molar-refractivity contribution >= 4 is 23.6 Å². The van der Waals surface area contributed by atoms with Crippen LogP contribution in [0.1, 0.15) is 68.1 Å². The number of carbonyl (C=O) groups is 4. The van der Waals surface area contributed by atoms with Crippen molar-refractivity contribution in [2.24, 2.45) is 0 Å². The molecule has 11 heteroatoms. The quantitative estimate of drug-likeness (QED) is 0.475. The van der Waals surface area contributed by atoms with Crippen molar-refractivity contribution in [3.8, 4) is 0 Å². The van der Waals surface area contributed by atoms with E-state index >= 15 is 0 Å². The number of fused-ring (bicyclic) bond motifs is 9. The number of amides is 4. The maximum atomic E-state index is 13.8. The number of benzene rings is 1. The third kappa shape index (κ3) is 6.89. The normalized spacial score (nSPS) is 31.7. The van der Waals surface area contributed by atoms with Gasteiger partial charge in [-0.1, -0.05) is 18.2 Å². The maximum absolute atomic E-state index is 13.8. The van der Waals surface area contributed by atoms with Gasteiger partial charge in [0.15, 0.2) is 0 Å². The number of nitrogens with one attached hydrogen (secondary N) is 3. The number of carbonyl (C=O) groups excluding carboxylic acids is 4. The molecule has 6 aliphatic heterocycles. The van der Waals surface area contributed by atoms with Crippen molar-refractivity contribution in [1.29, 1.82) is 0 Å². The Labute approximate surface area is 254 Å². The Morgan fingerprint density at radius 1 is 0.860 bits per heavy atom. The molecule has 3 N–H and O–H groups in total. The standard InChI is InChI=1S/C32H46N6O5/c39-29-28-20-24(21-38(28)31(41)22-6-2-1-3-7-22)35-30(40)27-9-5-15-37(27)25-10-16-36(17-11-25)32(42)26(8-4-14-33-29)34-23-12-18-43-19-13-23/h1-3,6-7,23-28,34H,4-5,8-21H2,(H,33,39)(H,35,40)/t24-,26+,27-,28+/m1/s1. The highest BCUT2D eigenvalue weighted by Gasteiger charge is 2.43. The van der Waals surface area contributed by atoms with E-state index in [-0.39, 0.29) is 53.8 Å². The van der Waals surface area contributed by atoms with Gasteiger partial charge in [-0.15, -0.1) is 0 Å². The van der Waals surface area contributed by atoms with Gasteiger partial charge in [0.05, 0.1) is 12.1 Å². The molecule has 1 aromatic rings. The monoisotopic (exact) mass is 594 g/mol. The van der Waals surface area contributed by atoms with Crippen LogP contribution >= 0.6 is 0 Å². The molecule has 0 aliphatic carbocycles. The topological polar surface area (TPSA) is 123 Å². The first-order valence-corrected chi connectivity index (χ1v) is 16.3. The first-order valence-electron chi connectivity index (χ1n) is 16.3. The summed E-state index contributed by atoms with van der Waals surface area (Å²) in [7, 11) is 0. The number of likely N-dealkylation sites (tertiary alicyclic amines) is 1. The molecule has 43 heavy (non-hydrogen) atoms. The van der Waals surface area contributed by atoms with Crippen LogP contribution in [-0.4, -0.2) is 121 Å².